The maximum Gasteiger partial charge on any atom is 0.310 e. The van der Waals surface area contributed by atoms with Gasteiger partial charge in [0.25, 0.3) is 0 Å². The molecule has 92 valence electrons. The molecule has 0 radical (unpaired) electrons. The van der Waals surface area contributed by atoms with E-state index in [0.717, 1.165) is 25.8 Å². The fourth-order valence-corrected chi connectivity index (χ4v) is 2.34. The quantitative estimate of drug-likeness (QED) is 0.820. The summed E-state index contributed by atoms with van der Waals surface area (Å²) in [5.41, 5.74) is 1.95. The lowest BCUT2D eigenvalue weighted by Gasteiger charge is -2.37. The van der Waals surface area contributed by atoms with Crippen LogP contribution in [0, 0.1) is 12.3 Å². The molecule has 1 fully saturated rings. The van der Waals surface area contributed by atoms with Crippen molar-refractivity contribution in [2.45, 2.75) is 32.7 Å². The van der Waals surface area contributed by atoms with Gasteiger partial charge in [0.15, 0.2) is 0 Å². The zero-order chi connectivity index (χ0) is 12.3. The average molecular weight is 233 g/mol. The van der Waals surface area contributed by atoms with Crippen LogP contribution in [-0.2, 0) is 11.3 Å². The van der Waals surface area contributed by atoms with E-state index in [1.54, 1.807) is 0 Å². The van der Waals surface area contributed by atoms with Crippen molar-refractivity contribution in [3.63, 3.8) is 0 Å². The van der Waals surface area contributed by atoms with Crippen LogP contribution in [0.4, 0.5) is 0 Å². The van der Waals surface area contributed by atoms with Crippen LogP contribution < -0.4 is 5.32 Å². The summed E-state index contributed by atoms with van der Waals surface area (Å²) in [4.78, 5) is 11.2. The number of aliphatic carboxylic acids is 1. The lowest BCUT2D eigenvalue weighted by molar-refractivity contribution is -0.154. The summed E-state index contributed by atoms with van der Waals surface area (Å²) in [6.07, 6.45) is 2.66. The second kappa shape index (κ2) is 4.88. The lowest BCUT2D eigenvalue weighted by atomic mass is 9.69. The number of benzene rings is 1. The molecule has 1 aromatic rings. The fourth-order valence-electron chi connectivity index (χ4n) is 2.34. The molecule has 2 rings (SSSR count). The zero-order valence-electron chi connectivity index (χ0n) is 10.2. The molecule has 17 heavy (non-hydrogen) atoms. The highest BCUT2D eigenvalue weighted by atomic mass is 16.4. The SMILES string of the molecule is Cc1cccc(CNCC2(C(=O)O)CCC2)c1. The van der Waals surface area contributed by atoms with Gasteiger partial charge in [-0.05, 0) is 25.3 Å². The third-order valence-corrected chi connectivity index (χ3v) is 3.64. The van der Waals surface area contributed by atoms with Crippen molar-refractivity contribution in [2.75, 3.05) is 6.54 Å². The van der Waals surface area contributed by atoms with Gasteiger partial charge in [0.1, 0.15) is 0 Å². The van der Waals surface area contributed by atoms with E-state index in [2.05, 4.69) is 30.4 Å². The number of carboxylic acids is 1. The molecule has 0 heterocycles. The smallest absolute Gasteiger partial charge is 0.310 e. The summed E-state index contributed by atoms with van der Waals surface area (Å²) in [5, 5.41) is 12.5. The summed E-state index contributed by atoms with van der Waals surface area (Å²) >= 11 is 0. The van der Waals surface area contributed by atoms with Gasteiger partial charge in [-0.3, -0.25) is 4.79 Å². The molecule has 0 spiro atoms. The van der Waals surface area contributed by atoms with E-state index in [0.29, 0.717) is 6.54 Å². The third kappa shape index (κ3) is 2.67. The van der Waals surface area contributed by atoms with Crippen LogP contribution in [0.3, 0.4) is 0 Å². The van der Waals surface area contributed by atoms with E-state index in [4.69, 9.17) is 0 Å². The summed E-state index contributed by atoms with van der Waals surface area (Å²) in [6.45, 7) is 3.39. The summed E-state index contributed by atoms with van der Waals surface area (Å²) in [6, 6.07) is 8.28. The Hall–Kier alpha value is -1.35. The summed E-state index contributed by atoms with van der Waals surface area (Å²) in [5.74, 6) is -0.652. The van der Waals surface area contributed by atoms with Crippen molar-refractivity contribution in [1.82, 2.24) is 5.32 Å². The zero-order valence-corrected chi connectivity index (χ0v) is 10.2. The van der Waals surface area contributed by atoms with Gasteiger partial charge in [0.05, 0.1) is 5.41 Å². The number of carbonyl (C=O) groups is 1. The van der Waals surface area contributed by atoms with Gasteiger partial charge in [0, 0.05) is 13.1 Å². The Kier molecular flexibility index (Phi) is 3.48. The van der Waals surface area contributed by atoms with Crippen molar-refractivity contribution in [3.8, 4) is 0 Å². The molecule has 0 unspecified atom stereocenters. The van der Waals surface area contributed by atoms with Crippen LogP contribution in [0.15, 0.2) is 24.3 Å². The van der Waals surface area contributed by atoms with Crippen LogP contribution in [0.2, 0.25) is 0 Å². The molecule has 0 atom stereocenters. The van der Waals surface area contributed by atoms with Crippen molar-refractivity contribution in [2.24, 2.45) is 5.41 Å². The van der Waals surface area contributed by atoms with Gasteiger partial charge >= 0.3 is 5.97 Å². The normalized spacial score (nSPS) is 17.5. The maximum atomic E-state index is 11.2. The van der Waals surface area contributed by atoms with Crippen molar-refractivity contribution in [1.29, 1.82) is 0 Å². The Morgan fingerprint density at radius 1 is 1.47 bits per heavy atom. The number of rotatable bonds is 5. The minimum atomic E-state index is -0.652. The van der Waals surface area contributed by atoms with E-state index in [1.807, 2.05) is 6.07 Å². The van der Waals surface area contributed by atoms with Gasteiger partial charge in [-0.25, -0.2) is 0 Å². The number of nitrogens with one attached hydrogen (secondary N) is 1. The van der Waals surface area contributed by atoms with Crippen LogP contribution in [-0.4, -0.2) is 17.6 Å². The van der Waals surface area contributed by atoms with E-state index in [1.165, 1.54) is 11.1 Å². The van der Waals surface area contributed by atoms with Gasteiger partial charge in [-0.15, -0.1) is 0 Å². The molecule has 0 amide bonds. The Morgan fingerprint density at radius 3 is 2.76 bits per heavy atom. The highest BCUT2D eigenvalue weighted by Crippen LogP contribution is 2.40. The number of hydrogen-bond donors (Lipinski definition) is 2. The topological polar surface area (TPSA) is 49.3 Å². The van der Waals surface area contributed by atoms with Gasteiger partial charge in [-0.1, -0.05) is 36.2 Å². The highest BCUT2D eigenvalue weighted by molar-refractivity contribution is 5.76. The molecule has 0 aliphatic heterocycles. The molecular weight excluding hydrogens is 214 g/mol. The van der Waals surface area contributed by atoms with E-state index in [9.17, 15) is 9.90 Å². The van der Waals surface area contributed by atoms with Crippen molar-refractivity contribution >= 4 is 5.97 Å². The first kappa shape index (κ1) is 12.1. The minimum Gasteiger partial charge on any atom is -0.481 e. The Morgan fingerprint density at radius 2 is 2.24 bits per heavy atom. The van der Waals surface area contributed by atoms with Gasteiger partial charge < -0.3 is 10.4 Å². The molecule has 0 aromatic heterocycles. The summed E-state index contributed by atoms with van der Waals surface area (Å²) in [7, 11) is 0. The first-order chi connectivity index (χ1) is 8.12. The number of aryl methyl sites for hydroxylation is 1. The van der Waals surface area contributed by atoms with Crippen LogP contribution in [0.1, 0.15) is 30.4 Å². The first-order valence-electron chi connectivity index (χ1n) is 6.12. The van der Waals surface area contributed by atoms with Gasteiger partial charge in [0.2, 0.25) is 0 Å². The van der Waals surface area contributed by atoms with Crippen LogP contribution in [0.25, 0.3) is 0 Å². The maximum absolute atomic E-state index is 11.2. The monoisotopic (exact) mass is 233 g/mol. The van der Waals surface area contributed by atoms with Gasteiger partial charge in [-0.2, -0.15) is 0 Å². The van der Waals surface area contributed by atoms with E-state index in [-0.39, 0.29) is 0 Å². The third-order valence-electron chi connectivity index (χ3n) is 3.64. The summed E-state index contributed by atoms with van der Waals surface area (Å²) < 4.78 is 0. The van der Waals surface area contributed by atoms with Crippen LogP contribution >= 0.6 is 0 Å². The average Bonchev–Trinajstić information content (AvgIpc) is 2.21. The standard InChI is InChI=1S/C14H19NO2/c1-11-4-2-5-12(8-11)9-15-10-14(13(16)17)6-3-7-14/h2,4-5,8,15H,3,6-7,9-10H2,1H3,(H,16,17). The molecule has 3 heteroatoms. The minimum absolute atomic E-state index is 0.496. The molecule has 0 saturated heterocycles. The largest absolute Gasteiger partial charge is 0.481 e. The Labute approximate surface area is 102 Å². The highest BCUT2D eigenvalue weighted by Gasteiger charge is 2.43. The Bertz CT molecular complexity index is 410. The van der Waals surface area contributed by atoms with Crippen molar-refractivity contribution < 1.29 is 9.90 Å². The number of hydrogen-bond acceptors (Lipinski definition) is 2. The first-order valence-corrected chi connectivity index (χ1v) is 6.12. The molecule has 0 bridgehead atoms. The molecular formula is C14H19NO2. The van der Waals surface area contributed by atoms with Crippen molar-refractivity contribution in [3.05, 3.63) is 35.4 Å². The molecule has 1 saturated carbocycles. The predicted molar refractivity (Wildman–Crippen MR) is 66.8 cm³/mol. The number of carboxylic acid groups (broad SMARTS) is 1. The molecule has 3 nitrogen and oxygen atoms in total. The Balaban J connectivity index is 1.85. The van der Waals surface area contributed by atoms with E-state index < -0.39 is 11.4 Å². The molecule has 1 aromatic carbocycles. The second-order valence-corrected chi connectivity index (χ2v) is 5.03. The predicted octanol–water partition coefficient (Wildman–Crippen LogP) is 2.34. The van der Waals surface area contributed by atoms with Crippen LogP contribution in [0.5, 0.6) is 0 Å². The second-order valence-electron chi connectivity index (χ2n) is 5.03. The molecule has 2 N–H and O–H groups in total. The molecule has 1 aliphatic carbocycles. The fraction of sp³-hybridized carbons (Fsp3) is 0.500. The lowest BCUT2D eigenvalue weighted by Crippen LogP contribution is -2.45. The van der Waals surface area contributed by atoms with E-state index >= 15 is 0 Å². The molecule has 1 aliphatic rings.